The Labute approximate surface area is 182 Å². The molecule has 1 N–H and O–H groups in total. The highest BCUT2D eigenvalue weighted by molar-refractivity contribution is 6.05. The summed E-state index contributed by atoms with van der Waals surface area (Å²) in [6.45, 7) is 1.96. The monoisotopic (exact) mass is 434 g/mol. The lowest BCUT2D eigenvalue weighted by atomic mass is 10.1. The van der Waals surface area contributed by atoms with Gasteiger partial charge in [-0.2, -0.15) is 0 Å². The molecule has 2 heterocycles. The van der Waals surface area contributed by atoms with Gasteiger partial charge in [-0.1, -0.05) is 12.1 Å². The van der Waals surface area contributed by atoms with Crippen molar-refractivity contribution in [2.24, 2.45) is 0 Å². The summed E-state index contributed by atoms with van der Waals surface area (Å²) in [5.41, 5.74) is 0.661. The van der Waals surface area contributed by atoms with E-state index in [0.29, 0.717) is 11.4 Å². The Morgan fingerprint density at radius 2 is 1.50 bits per heavy atom. The van der Waals surface area contributed by atoms with Crippen molar-refractivity contribution >= 4 is 28.8 Å². The number of carbonyl (C=O) groups excluding carboxylic acids is 1. The van der Waals surface area contributed by atoms with E-state index in [0.717, 1.165) is 55.5 Å². The molecule has 1 amide bonds. The highest BCUT2D eigenvalue weighted by atomic mass is 16.6. The number of nitrogens with zero attached hydrogens (tertiary/aromatic N) is 5. The Kier molecular flexibility index (Phi) is 5.71. The number of aromatic nitrogens is 2. The van der Waals surface area contributed by atoms with E-state index in [9.17, 15) is 25.0 Å². The maximum absolute atomic E-state index is 12.5. The molecule has 0 bridgehead atoms. The van der Waals surface area contributed by atoms with Gasteiger partial charge in [-0.05, 0) is 37.1 Å². The average molecular weight is 434 g/mol. The minimum absolute atomic E-state index is 0.182. The number of hydrogen-bond acceptors (Lipinski definition) is 8. The van der Waals surface area contributed by atoms with Crippen molar-refractivity contribution in [2.45, 2.75) is 12.8 Å². The summed E-state index contributed by atoms with van der Waals surface area (Å²) in [5.74, 6) is 0.153. The number of rotatable bonds is 6. The van der Waals surface area contributed by atoms with Crippen LogP contribution in [0.2, 0.25) is 0 Å². The molecule has 11 nitrogen and oxygen atoms in total. The second-order valence-electron chi connectivity index (χ2n) is 7.25. The number of hydrogen-bond donors (Lipinski definition) is 1. The first-order valence-electron chi connectivity index (χ1n) is 9.85. The van der Waals surface area contributed by atoms with Crippen molar-refractivity contribution in [3.05, 3.63) is 80.4 Å². The Morgan fingerprint density at radius 3 is 2.03 bits per heavy atom. The predicted octanol–water partition coefficient (Wildman–Crippen LogP) is 3.81. The number of nitro benzene ring substituents is 2. The molecule has 1 saturated heterocycles. The van der Waals surface area contributed by atoms with Crippen LogP contribution in [0.5, 0.6) is 0 Å². The number of nitro groups is 2. The van der Waals surface area contributed by atoms with Gasteiger partial charge >= 0.3 is 0 Å². The van der Waals surface area contributed by atoms with E-state index in [4.69, 9.17) is 0 Å². The molecule has 0 unspecified atom stereocenters. The van der Waals surface area contributed by atoms with Crippen molar-refractivity contribution < 1.29 is 14.6 Å². The summed E-state index contributed by atoms with van der Waals surface area (Å²) in [6, 6.07) is 13.4. The van der Waals surface area contributed by atoms with E-state index in [1.165, 1.54) is 0 Å². The molecule has 0 spiro atoms. The smallest absolute Gasteiger partial charge is 0.277 e. The van der Waals surface area contributed by atoms with Crippen molar-refractivity contribution in [1.82, 2.24) is 10.2 Å². The SMILES string of the molecule is O=C(Nc1ccc(-c2ccc(N3CCCC3)nn2)cc1)c1cc([N+](=O)[O-])cc([N+](=O)[O-])c1. The molecule has 0 saturated carbocycles. The zero-order valence-corrected chi connectivity index (χ0v) is 16.8. The molecule has 4 rings (SSSR count). The van der Waals surface area contributed by atoms with Gasteiger partial charge in [0.1, 0.15) is 0 Å². The molecule has 1 aliphatic heterocycles. The van der Waals surface area contributed by atoms with E-state index in [2.05, 4.69) is 20.4 Å². The minimum atomic E-state index is -0.783. The Hall–Kier alpha value is -4.41. The highest BCUT2D eigenvalue weighted by Crippen LogP contribution is 2.25. The zero-order valence-electron chi connectivity index (χ0n) is 16.8. The summed E-state index contributed by atoms with van der Waals surface area (Å²) in [6.07, 6.45) is 2.31. The summed E-state index contributed by atoms with van der Waals surface area (Å²) in [7, 11) is 0. The lowest BCUT2D eigenvalue weighted by molar-refractivity contribution is -0.394. The van der Waals surface area contributed by atoms with Crippen LogP contribution in [0.3, 0.4) is 0 Å². The van der Waals surface area contributed by atoms with Crippen LogP contribution in [-0.4, -0.2) is 39.0 Å². The van der Waals surface area contributed by atoms with E-state index < -0.39 is 27.1 Å². The largest absolute Gasteiger partial charge is 0.355 e. The molecule has 11 heteroatoms. The summed E-state index contributed by atoms with van der Waals surface area (Å²) in [4.78, 5) is 35.1. The third-order valence-corrected chi connectivity index (χ3v) is 5.11. The Morgan fingerprint density at radius 1 is 0.875 bits per heavy atom. The van der Waals surface area contributed by atoms with Crippen LogP contribution >= 0.6 is 0 Å². The molecular formula is C21H18N6O5. The van der Waals surface area contributed by atoms with E-state index in [1.807, 2.05) is 12.1 Å². The molecule has 32 heavy (non-hydrogen) atoms. The fourth-order valence-corrected chi connectivity index (χ4v) is 3.46. The number of amides is 1. The molecule has 162 valence electrons. The van der Waals surface area contributed by atoms with Gasteiger partial charge in [0, 0.05) is 36.5 Å². The number of anilines is 2. The van der Waals surface area contributed by atoms with Gasteiger partial charge in [-0.25, -0.2) is 0 Å². The molecule has 1 aliphatic rings. The topological polar surface area (TPSA) is 144 Å². The maximum atomic E-state index is 12.5. The highest BCUT2D eigenvalue weighted by Gasteiger charge is 2.20. The number of benzene rings is 2. The molecule has 1 fully saturated rings. The summed E-state index contributed by atoms with van der Waals surface area (Å²) >= 11 is 0. The van der Waals surface area contributed by atoms with Crippen LogP contribution < -0.4 is 10.2 Å². The number of carbonyl (C=O) groups is 1. The standard InChI is InChI=1S/C21H18N6O5/c28-21(15-11-17(26(29)30)13-18(12-15)27(31)32)22-16-5-3-14(4-6-16)19-7-8-20(24-23-19)25-9-1-2-10-25/h3-8,11-13H,1-2,9-10H2,(H,22,28). The second kappa shape index (κ2) is 8.76. The minimum Gasteiger partial charge on any atom is -0.355 e. The van der Waals surface area contributed by atoms with Gasteiger partial charge in [-0.15, -0.1) is 10.2 Å². The molecule has 0 aliphatic carbocycles. The summed E-state index contributed by atoms with van der Waals surface area (Å²) in [5, 5.41) is 33.2. The molecule has 2 aromatic carbocycles. The van der Waals surface area contributed by atoms with Crippen LogP contribution in [0.4, 0.5) is 22.9 Å². The average Bonchev–Trinajstić information content (AvgIpc) is 3.34. The molecule has 0 radical (unpaired) electrons. The van der Waals surface area contributed by atoms with E-state index in [1.54, 1.807) is 24.3 Å². The quantitative estimate of drug-likeness (QED) is 0.455. The lowest BCUT2D eigenvalue weighted by Gasteiger charge is -2.15. The summed E-state index contributed by atoms with van der Waals surface area (Å²) < 4.78 is 0. The van der Waals surface area contributed by atoms with Crippen molar-refractivity contribution in [2.75, 3.05) is 23.3 Å². The Balaban J connectivity index is 1.48. The van der Waals surface area contributed by atoms with Gasteiger partial charge in [-0.3, -0.25) is 25.0 Å². The molecule has 3 aromatic rings. The Bertz CT molecular complexity index is 1140. The second-order valence-corrected chi connectivity index (χ2v) is 7.25. The third-order valence-electron chi connectivity index (χ3n) is 5.11. The molecule has 1 aromatic heterocycles. The normalized spacial score (nSPS) is 13.1. The zero-order chi connectivity index (χ0) is 22.7. The number of nitrogens with one attached hydrogen (secondary N) is 1. The van der Waals surface area contributed by atoms with Crippen LogP contribution in [0.1, 0.15) is 23.2 Å². The van der Waals surface area contributed by atoms with Crippen molar-refractivity contribution in [3.63, 3.8) is 0 Å². The molecular weight excluding hydrogens is 416 g/mol. The van der Waals surface area contributed by atoms with Gasteiger partial charge in [0.2, 0.25) is 0 Å². The van der Waals surface area contributed by atoms with Crippen LogP contribution in [0.15, 0.2) is 54.6 Å². The van der Waals surface area contributed by atoms with Gasteiger partial charge in [0.15, 0.2) is 5.82 Å². The van der Waals surface area contributed by atoms with Crippen molar-refractivity contribution in [3.8, 4) is 11.3 Å². The molecule has 0 atom stereocenters. The first kappa shape index (κ1) is 20.8. The van der Waals surface area contributed by atoms with Crippen molar-refractivity contribution in [1.29, 1.82) is 0 Å². The lowest BCUT2D eigenvalue weighted by Crippen LogP contribution is -2.19. The number of non-ortho nitro benzene ring substituents is 2. The van der Waals surface area contributed by atoms with Gasteiger partial charge in [0.05, 0.1) is 27.2 Å². The maximum Gasteiger partial charge on any atom is 0.277 e. The first-order chi connectivity index (χ1) is 15.4. The fourth-order valence-electron chi connectivity index (χ4n) is 3.46. The van der Waals surface area contributed by atoms with Crippen LogP contribution in [-0.2, 0) is 0 Å². The van der Waals surface area contributed by atoms with Gasteiger partial charge in [0.25, 0.3) is 17.3 Å². The van der Waals surface area contributed by atoms with E-state index in [-0.39, 0.29) is 5.56 Å². The van der Waals surface area contributed by atoms with Crippen LogP contribution in [0.25, 0.3) is 11.3 Å². The fraction of sp³-hybridized carbons (Fsp3) is 0.190. The van der Waals surface area contributed by atoms with Crippen LogP contribution in [0, 0.1) is 20.2 Å². The third kappa shape index (κ3) is 4.51. The predicted molar refractivity (Wildman–Crippen MR) is 117 cm³/mol. The van der Waals surface area contributed by atoms with Gasteiger partial charge < -0.3 is 10.2 Å². The van der Waals surface area contributed by atoms with E-state index >= 15 is 0 Å². The first-order valence-corrected chi connectivity index (χ1v) is 9.85.